The van der Waals surface area contributed by atoms with Crippen LogP contribution in [0.4, 0.5) is 5.69 Å². The smallest absolute Gasteiger partial charge is 0.273 e. The zero-order valence-electron chi connectivity index (χ0n) is 15.0. The Kier molecular flexibility index (Phi) is 6.54. The molecule has 2 aromatic rings. The summed E-state index contributed by atoms with van der Waals surface area (Å²) >= 11 is 0. The van der Waals surface area contributed by atoms with E-state index in [9.17, 15) is 14.9 Å². The van der Waals surface area contributed by atoms with Crippen molar-refractivity contribution in [1.82, 2.24) is 5.32 Å². The van der Waals surface area contributed by atoms with Gasteiger partial charge in [-0.05, 0) is 31.5 Å². The third-order valence-electron chi connectivity index (χ3n) is 3.62. The van der Waals surface area contributed by atoms with E-state index in [0.29, 0.717) is 17.1 Å². The fraction of sp³-hybridized carbons (Fsp3) is 0.316. The van der Waals surface area contributed by atoms with E-state index in [0.717, 1.165) is 5.56 Å². The summed E-state index contributed by atoms with van der Waals surface area (Å²) in [5.74, 6) is 0.933. The molecular weight excluding hydrogens is 336 g/mol. The number of hydrogen-bond donors (Lipinski definition) is 1. The Morgan fingerprint density at radius 3 is 2.58 bits per heavy atom. The van der Waals surface area contributed by atoms with Gasteiger partial charge in [-0.25, -0.2) is 0 Å². The lowest BCUT2D eigenvalue weighted by atomic mass is 10.1. The molecule has 7 nitrogen and oxygen atoms in total. The van der Waals surface area contributed by atoms with Crippen molar-refractivity contribution in [2.45, 2.75) is 32.9 Å². The maximum atomic E-state index is 12.1. The number of nitro groups is 1. The van der Waals surface area contributed by atoms with Crippen LogP contribution in [0.2, 0.25) is 0 Å². The summed E-state index contributed by atoms with van der Waals surface area (Å²) in [5.41, 5.74) is 1.17. The molecule has 0 aliphatic carbocycles. The molecule has 0 unspecified atom stereocenters. The van der Waals surface area contributed by atoms with Crippen LogP contribution in [-0.2, 0) is 17.8 Å². The van der Waals surface area contributed by atoms with Gasteiger partial charge in [0, 0.05) is 18.2 Å². The zero-order valence-corrected chi connectivity index (χ0v) is 15.0. The summed E-state index contributed by atoms with van der Waals surface area (Å²) in [5, 5.41) is 13.8. The first-order chi connectivity index (χ1) is 12.4. The number of hydrogen-bond acceptors (Lipinski definition) is 5. The van der Waals surface area contributed by atoms with Gasteiger partial charge in [0.1, 0.15) is 0 Å². The summed E-state index contributed by atoms with van der Waals surface area (Å²) in [4.78, 5) is 22.7. The molecule has 0 aliphatic heterocycles. The van der Waals surface area contributed by atoms with Gasteiger partial charge in [0.25, 0.3) is 5.69 Å². The molecule has 0 bridgehead atoms. The highest BCUT2D eigenvalue weighted by molar-refractivity contribution is 5.79. The molecular formula is C19H22N2O5. The van der Waals surface area contributed by atoms with E-state index in [1.807, 2.05) is 19.9 Å². The average Bonchev–Trinajstić information content (AvgIpc) is 2.60. The lowest BCUT2D eigenvalue weighted by molar-refractivity contribution is -0.385. The fourth-order valence-electron chi connectivity index (χ4n) is 2.45. The molecule has 2 aromatic carbocycles. The second-order valence-electron chi connectivity index (χ2n) is 5.99. The second kappa shape index (κ2) is 8.84. The van der Waals surface area contributed by atoms with Gasteiger partial charge >= 0.3 is 0 Å². The highest BCUT2D eigenvalue weighted by Crippen LogP contribution is 2.29. The van der Waals surface area contributed by atoms with Crippen LogP contribution in [0.1, 0.15) is 25.0 Å². The van der Waals surface area contributed by atoms with Crippen molar-refractivity contribution in [3.8, 4) is 11.5 Å². The Balaban J connectivity index is 2.00. The third kappa shape index (κ3) is 5.20. The standard InChI is InChI=1S/C19H22N2O5/c1-13(2)26-17-9-8-14(10-18(17)25-3)12-20-19(22)11-15-6-4-5-7-16(15)21(23)24/h4-10,13H,11-12H2,1-3H3,(H,20,22). The number of ether oxygens (including phenoxy) is 2. The molecule has 26 heavy (non-hydrogen) atoms. The van der Waals surface area contributed by atoms with Gasteiger partial charge in [-0.3, -0.25) is 14.9 Å². The van der Waals surface area contributed by atoms with Crippen molar-refractivity contribution < 1.29 is 19.2 Å². The molecule has 0 saturated heterocycles. The molecule has 138 valence electrons. The molecule has 0 aromatic heterocycles. The number of nitro benzene ring substituents is 1. The normalized spacial score (nSPS) is 10.5. The first kappa shape index (κ1) is 19.2. The van der Waals surface area contributed by atoms with Gasteiger partial charge in [0.15, 0.2) is 11.5 Å². The number of amides is 1. The number of nitrogens with zero attached hydrogens (tertiary/aromatic N) is 1. The fourth-order valence-corrected chi connectivity index (χ4v) is 2.45. The van der Waals surface area contributed by atoms with Crippen LogP contribution in [0.25, 0.3) is 0 Å². The van der Waals surface area contributed by atoms with Crippen molar-refractivity contribution in [3.63, 3.8) is 0 Å². The number of methoxy groups -OCH3 is 1. The molecule has 7 heteroatoms. The van der Waals surface area contributed by atoms with Crippen molar-refractivity contribution in [2.24, 2.45) is 0 Å². The minimum Gasteiger partial charge on any atom is -0.493 e. The molecule has 2 rings (SSSR count). The SMILES string of the molecule is COc1cc(CNC(=O)Cc2ccccc2[N+](=O)[O-])ccc1OC(C)C. The molecule has 0 atom stereocenters. The minimum atomic E-state index is -0.485. The van der Waals surface area contributed by atoms with Gasteiger partial charge in [0.2, 0.25) is 5.91 Å². The predicted octanol–water partition coefficient (Wildman–Crippen LogP) is 3.25. The maximum Gasteiger partial charge on any atom is 0.273 e. The highest BCUT2D eigenvalue weighted by atomic mass is 16.6. The predicted molar refractivity (Wildman–Crippen MR) is 97.4 cm³/mol. The van der Waals surface area contributed by atoms with Crippen molar-refractivity contribution in [3.05, 3.63) is 63.7 Å². The van der Waals surface area contributed by atoms with Crippen LogP contribution in [0.15, 0.2) is 42.5 Å². The van der Waals surface area contributed by atoms with E-state index in [2.05, 4.69) is 5.32 Å². The number of carbonyl (C=O) groups is 1. The summed E-state index contributed by atoms with van der Waals surface area (Å²) in [6.45, 7) is 4.14. The maximum absolute atomic E-state index is 12.1. The van der Waals surface area contributed by atoms with Crippen molar-refractivity contribution in [2.75, 3.05) is 7.11 Å². The third-order valence-corrected chi connectivity index (χ3v) is 3.62. The largest absolute Gasteiger partial charge is 0.493 e. The minimum absolute atomic E-state index is 0.0242. The first-order valence-corrected chi connectivity index (χ1v) is 8.23. The van der Waals surface area contributed by atoms with Gasteiger partial charge in [0.05, 0.1) is 24.6 Å². The van der Waals surface area contributed by atoms with Gasteiger partial charge in [-0.1, -0.05) is 24.3 Å². The summed E-state index contributed by atoms with van der Waals surface area (Å²) in [6.07, 6.45) is -0.0286. The highest BCUT2D eigenvalue weighted by Gasteiger charge is 2.15. The summed E-state index contributed by atoms with van der Waals surface area (Å²) in [7, 11) is 1.55. The number of para-hydroxylation sites is 1. The van der Waals surface area contributed by atoms with Crippen LogP contribution in [-0.4, -0.2) is 24.0 Å². The number of carbonyl (C=O) groups excluding carboxylic acids is 1. The van der Waals surface area contributed by atoms with Gasteiger partial charge < -0.3 is 14.8 Å². The van der Waals surface area contributed by atoms with Crippen LogP contribution >= 0.6 is 0 Å². The van der Waals surface area contributed by atoms with Crippen LogP contribution in [0.5, 0.6) is 11.5 Å². The van der Waals surface area contributed by atoms with Crippen LogP contribution < -0.4 is 14.8 Å². The molecule has 0 aliphatic rings. The van der Waals surface area contributed by atoms with Crippen LogP contribution in [0.3, 0.4) is 0 Å². The van der Waals surface area contributed by atoms with E-state index in [4.69, 9.17) is 9.47 Å². The number of rotatable bonds is 8. The van der Waals surface area contributed by atoms with Gasteiger partial charge in [-0.2, -0.15) is 0 Å². The molecule has 1 N–H and O–H groups in total. The Morgan fingerprint density at radius 2 is 1.92 bits per heavy atom. The van der Waals surface area contributed by atoms with Crippen LogP contribution in [0, 0.1) is 10.1 Å². The Bertz CT molecular complexity index is 789. The average molecular weight is 358 g/mol. The Morgan fingerprint density at radius 1 is 1.19 bits per heavy atom. The monoisotopic (exact) mass is 358 g/mol. The summed E-state index contributed by atoms with van der Waals surface area (Å²) < 4.78 is 11.0. The molecule has 1 amide bonds. The molecule has 0 heterocycles. The quantitative estimate of drug-likeness (QED) is 0.578. The Labute approximate surface area is 152 Å². The molecule has 0 radical (unpaired) electrons. The van der Waals surface area contributed by atoms with Crippen molar-refractivity contribution >= 4 is 11.6 Å². The van der Waals surface area contributed by atoms with Gasteiger partial charge in [-0.15, -0.1) is 0 Å². The number of nitrogens with one attached hydrogen (secondary N) is 1. The lowest BCUT2D eigenvalue weighted by Gasteiger charge is -2.14. The second-order valence-corrected chi connectivity index (χ2v) is 5.99. The van der Waals surface area contributed by atoms with E-state index >= 15 is 0 Å². The topological polar surface area (TPSA) is 90.7 Å². The van der Waals surface area contributed by atoms with E-state index in [1.54, 1.807) is 37.4 Å². The zero-order chi connectivity index (χ0) is 19.1. The molecule has 0 saturated carbocycles. The molecule has 0 spiro atoms. The van der Waals surface area contributed by atoms with E-state index in [-0.39, 0.29) is 30.7 Å². The van der Waals surface area contributed by atoms with E-state index in [1.165, 1.54) is 6.07 Å². The summed E-state index contributed by atoms with van der Waals surface area (Å²) in [6, 6.07) is 11.6. The lowest BCUT2D eigenvalue weighted by Crippen LogP contribution is -2.24. The Hall–Kier alpha value is -3.09. The number of benzene rings is 2. The van der Waals surface area contributed by atoms with Crippen molar-refractivity contribution in [1.29, 1.82) is 0 Å². The first-order valence-electron chi connectivity index (χ1n) is 8.23. The van der Waals surface area contributed by atoms with E-state index < -0.39 is 4.92 Å². The molecule has 0 fully saturated rings.